The van der Waals surface area contributed by atoms with E-state index in [1.54, 1.807) is 18.0 Å². The molecule has 4 nitrogen and oxygen atoms in total. The SMILES string of the molecule is COc1c(C)cc(-c2c(C=O)cnn2C)c(C)c1C. The summed E-state index contributed by atoms with van der Waals surface area (Å²) in [5, 5.41) is 4.16. The average molecular weight is 258 g/mol. The van der Waals surface area contributed by atoms with Crippen LogP contribution in [0.4, 0.5) is 0 Å². The summed E-state index contributed by atoms with van der Waals surface area (Å²) in [6.45, 7) is 6.07. The first kappa shape index (κ1) is 13.3. The number of aldehydes is 1. The minimum absolute atomic E-state index is 0.606. The zero-order chi connectivity index (χ0) is 14.2. The first-order valence-electron chi connectivity index (χ1n) is 6.13. The first-order chi connectivity index (χ1) is 9.01. The number of rotatable bonds is 3. The van der Waals surface area contributed by atoms with Crippen LogP contribution in [0.5, 0.6) is 5.75 Å². The number of hydrogen-bond acceptors (Lipinski definition) is 3. The zero-order valence-corrected chi connectivity index (χ0v) is 11.9. The molecule has 0 aliphatic carbocycles. The maximum absolute atomic E-state index is 11.1. The fourth-order valence-corrected chi connectivity index (χ4v) is 2.49. The number of aryl methyl sites for hydroxylation is 2. The van der Waals surface area contributed by atoms with Crippen LogP contribution in [0.2, 0.25) is 0 Å². The molecule has 0 saturated heterocycles. The van der Waals surface area contributed by atoms with E-state index in [0.717, 1.165) is 40.0 Å². The van der Waals surface area contributed by atoms with Gasteiger partial charge in [0.1, 0.15) is 5.75 Å². The molecule has 0 bridgehead atoms. The second-order valence-electron chi connectivity index (χ2n) is 4.71. The molecule has 0 aliphatic rings. The average Bonchev–Trinajstić information content (AvgIpc) is 2.75. The van der Waals surface area contributed by atoms with Crippen LogP contribution in [0, 0.1) is 20.8 Å². The second kappa shape index (κ2) is 4.88. The molecule has 2 rings (SSSR count). The van der Waals surface area contributed by atoms with Gasteiger partial charge in [0.15, 0.2) is 6.29 Å². The Hall–Kier alpha value is -2.10. The molecule has 100 valence electrons. The van der Waals surface area contributed by atoms with Crippen molar-refractivity contribution in [2.24, 2.45) is 7.05 Å². The monoisotopic (exact) mass is 258 g/mol. The number of hydrogen-bond donors (Lipinski definition) is 0. The van der Waals surface area contributed by atoms with Crippen LogP contribution in [0.1, 0.15) is 27.0 Å². The number of methoxy groups -OCH3 is 1. The lowest BCUT2D eigenvalue weighted by atomic mass is 9.95. The number of nitrogens with zero attached hydrogens (tertiary/aromatic N) is 2. The number of aromatic nitrogens is 2. The van der Waals surface area contributed by atoms with Crippen molar-refractivity contribution in [1.82, 2.24) is 9.78 Å². The molecule has 2 aromatic rings. The molecule has 0 fully saturated rings. The molecule has 0 N–H and O–H groups in total. The molecule has 0 unspecified atom stereocenters. The standard InChI is InChI=1S/C15H18N2O2/c1-9-6-13(10(2)11(3)15(9)19-5)14-12(8-18)7-16-17(14)4/h6-8H,1-5H3. The van der Waals surface area contributed by atoms with Gasteiger partial charge in [0, 0.05) is 12.6 Å². The molecule has 0 amide bonds. The van der Waals surface area contributed by atoms with Crippen molar-refractivity contribution in [2.45, 2.75) is 20.8 Å². The van der Waals surface area contributed by atoms with Crippen molar-refractivity contribution in [2.75, 3.05) is 7.11 Å². The molecule has 1 aromatic heterocycles. The Kier molecular flexibility index (Phi) is 3.42. The summed E-state index contributed by atoms with van der Waals surface area (Å²) in [6, 6.07) is 2.05. The molecule has 0 atom stereocenters. The van der Waals surface area contributed by atoms with Gasteiger partial charge in [-0.1, -0.05) is 0 Å². The van der Waals surface area contributed by atoms with E-state index in [4.69, 9.17) is 4.74 Å². The van der Waals surface area contributed by atoms with Crippen molar-refractivity contribution >= 4 is 6.29 Å². The lowest BCUT2D eigenvalue weighted by molar-refractivity contribution is 0.112. The van der Waals surface area contributed by atoms with Crippen molar-refractivity contribution in [1.29, 1.82) is 0 Å². The smallest absolute Gasteiger partial charge is 0.153 e. The summed E-state index contributed by atoms with van der Waals surface area (Å²) >= 11 is 0. The normalized spacial score (nSPS) is 10.6. The van der Waals surface area contributed by atoms with E-state index < -0.39 is 0 Å². The predicted molar refractivity (Wildman–Crippen MR) is 74.8 cm³/mol. The van der Waals surface area contributed by atoms with Crippen LogP contribution < -0.4 is 4.74 Å². The fourth-order valence-electron chi connectivity index (χ4n) is 2.49. The van der Waals surface area contributed by atoms with E-state index in [-0.39, 0.29) is 0 Å². The molecule has 0 aliphatic heterocycles. The number of carbonyl (C=O) groups is 1. The highest BCUT2D eigenvalue weighted by Crippen LogP contribution is 2.34. The molecule has 0 saturated carbocycles. The van der Waals surface area contributed by atoms with Gasteiger partial charge in [-0.05, 0) is 43.5 Å². The molecule has 4 heteroatoms. The Bertz CT molecular complexity index is 642. The van der Waals surface area contributed by atoms with Gasteiger partial charge in [0.2, 0.25) is 0 Å². The van der Waals surface area contributed by atoms with Crippen LogP contribution in [-0.4, -0.2) is 23.2 Å². The third-order valence-corrected chi connectivity index (χ3v) is 3.58. The summed E-state index contributed by atoms with van der Waals surface area (Å²) in [7, 11) is 3.52. The van der Waals surface area contributed by atoms with Crippen LogP contribution in [-0.2, 0) is 7.05 Å². The predicted octanol–water partition coefficient (Wildman–Crippen LogP) is 2.83. The molecule has 0 spiro atoms. The van der Waals surface area contributed by atoms with E-state index in [1.165, 1.54) is 0 Å². The Morgan fingerprint density at radius 1 is 1.26 bits per heavy atom. The van der Waals surface area contributed by atoms with Gasteiger partial charge in [0.05, 0.1) is 24.6 Å². The van der Waals surface area contributed by atoms with Crippen LogP contribution >= 0.6 is 0 Å². The Morgan fingerprint density at radius 3 is 2.53 bits per heavy atom. The van der Waals surface area contributed by atoms with E-state index in [0.29, 0.717) is 5.56 Å². The lowest BCUT2D eigenvalue weighted by Crippen LogP contribution is -2.01. The van der Waals surface area contributed by atoms with Crippen LogP contribution in [0.25, 0.3) is 11.3 Å². The van der Waals surface area contributed by atoms with Crippen molar-refractivity contribution in [3.8, 4) is 17.0 Å². The minimum Gasteiger partial charge on any atom is -0.496 e. The summed E-state index contributed by atoms with van der Waals surface area (Å²) in [5.41, 5.74) is 5.73. The van der Waals surface area contributed by atoms with Crippen LogP contribution in [0.15, 0.2) is 12.3 Å². The number of ether oxygens (including phenoxy) is 1. The van der Waals surface area contributed by atoms with E-state index >= 15 is 0 Å². The van der Waals surface area contributed by atoms with Gasteiger partial charge in [-0.3, -0.25) is 9.48 Å². The summed E-state index contributed by atoms with van der Waals surface area (Å²) in [4.78, 5) is 11.1. The van der Waals surface area contributed by atoms with Gasteiger partial charge < -0.3 is 4.74 Å². The molecule has 1 aromatic carbocycles. The van der Waals surface area contributed by atoms with Gasteiger partial charge in [0.25, 0.3) is 0 Å². The third-order valence-electron chi connectivity index (χ3n) is 3.58. The maximum Gasteiger partial charge on any atom is 0.153 e. The third kappa shape index (κ3) is 2.03. The molecular formula is C15H18N2O2. The highest BCUT2D eigenvalue weighted by atomic mass is 16.5. The van der Waals surface area contributed by atoms with E-state index in [1.807, 2.05) is 33.9 Å². The first-order valence-corrected chi connectivity index (χ1v) is 6.13. The molecule has 1 heterocycles. The van der Waals surface area contributed by atoms with Gasteiger partial charge in [-0.2, -0.15) is 5.10 Å². The summed E-state index contributed by atoms with van der Waals surface area (Å²) in [6.07, 6.45) is 2.44. The maximum atomic E-state index is 11.1. The van der Waals surface area contributed by atoms with E-state index in [2.05, 4.69) is 5.10 Å². The molecular weight excluding hydrogens is 240 g/mol. The quantitative estimate of drug-likeness (QED) is 0.795. The van der Waals surface area contributed by atoms with Crippen LogP contribution in [0.3, 0.4) is 0 Å². The highest BCUT2D eigenvalue weighted by molar-refractivity contribution is 5.87. The molecule has 0 radical (unpaired) electrons. The number of benzene rings is 1. The van der Waals surface area contributed by atoms with Crippen molar-refractivity contribution in [3.05, 3.63) is 34.5 Å². The van der Waals surface area contributed by atoms with Gasteiger partial charge in [-0.15, -0.1) is 0 Å². The van der Waals surface area contributed by atoms with E-state index in [9.17, 15) is 4.79 Å². The lowest BCUT2D eigenvalue weighted by Gasteiger charge is -2.16. The van der Waals surface area contributed by atoms with Gasteiger partial charge >= 0.3 is 0 Å². The Balaban J connectivity index is 2.77. The summed E-state index contributed by atoms with van der Waals surface area (Å²) < 4.78 is 7.16. The highest BCUT2D eigenvalue weighted by Gasteiger charge is 2.17. The summed E-state index contributed by atoms with van der Waals surface area (Å²) in [5.74, 6) is 0.899. The Labute approximate surface area is 113 Å². The zero-order valence-electron chi connectivity index (χ0n) is 11.9. The topological polar surface area (TPSA) is 44.1 Å². The fraction of sp³-hybridized carbons (Fsp3) is 0.333. The van der Waals surface area contributed by atoms with Gasteiger partial charge in [-0.25, -0.2) is 0 Å². The minimum atomic E-state index is 0.606. The largest absolute Gasteiger partial charge is 0.496 e. The van der Waals surface area contributed by atoms with Crippen molar-refractivity contribution in [3.63, 3.8) is 0 Å². The number of carbonyl (C=O) groups excluding carboxylic acids is 1. The van der Waals surface area contributed by atoms with Crippen molar-refractivity contribution < 1.29 is 9.53 Å². The molecule has 19 heavy (non-hydrogen) atoms. The second-order valence-corrected chi connectivity index (χ2v) is 4.71. The Morgan fingerprint density at radius 2 is 1.95 bits per heavy atom.